The van der Waals surface area contributed by atoms with Gasteiger partial charge in [-0.1, -0.05) is 13.8 Å². The molecule has 2 N–H and O–H groups in total. The van der Waals surface area contributed by atoms with Gasteiger partial charge in [0.25, 0.3) is 5.91 Å². The Morgan fingerprint density at radius 2 is 2.20 bits per heavy atom. The second kappa shape index (κ2) is 7.97. The maximum atomic E-state index is 13.1. The Kier molecular flexibility index (Phi) is 6.18. The standard InChI is InChI=1S/C17H28N4O4/c1-5-21-14(8-13(19-21)12(2)3)16(23)20-6-7-25-11-17(10-20,24-4)9-15(18)22/h8,12H,5-7,9-11H2,1-4H3,(H2,18,22)/t17-/m0/s1. The van der Waals surface area contributed by atoms with E-state index in [4.69, 9.17) is 15.2 Å². The Balaban J connectivity index is 2.29. The van der Waals surface area contributed by atoms with Crippen molar-refractivity contribution < 1.29 is 19.1 Å². The van der Waals surface area contributed by atoms with Crippen LogP contribution in [0, 0.1) is 0 Å². The van der Waals surface area contributed by atoms with E-state index >= 15 is 0 Å². The number of primary amides is 1. The number of nitrogens with two attached hydrogens (primary N) is 1. The third kappa shape index (κ3) is 4.38. The van der Waals surface area contributed by atoms with E-state index in [1.165, 1.54) is 7.11 Å². The van der Waals surface area contributed by atoms with Gasteiger partial charge in [-0.3, -0.25) is 14.3 Å². The molecule has 140 valence electrons. The number of carbonyl (C=O) groups excluding carboxylic acids is 2. The molecule has 1 aromatic heterocycles. The molecule has 2 rings (SSSR count). The third-order valence-electron chi connectivity index (χ3n) is 4.48. The number of carbonyl (C=O) groups is 2. The van der Waals surface area contributed by atoms with E-state index < -0.39 is 11.5 Å². The predicted molar refractivity (Wildman–Crippen MR) is 92.3 cm³/mol. The highest BCUT2D eigenvalue weighted by Crippen LogP contribution is 2.23. The lowest BCUT2D eigenvalue weighted by atomic mass is 9.99. The Morgan fingerprint density at radius 1 is 1.48 bits per heavy atom. The van der Waals surface area contributed by atoms with Gasteiger partial charge in [-0.15, -0.1) is 0 Å². The fourth-order valence-electron chi connectivity index (χ4n) is 2.99. The molecule has 0 bridgehead atoms. The van der Waals surface area contributed by atoms with E-state index in [-0.39, 0.29) is 31.4 Å². The Hall–Kier alpha value is -1.93. The predicted octanol–water partition coefficient (Wildman–Crippen LogP) is 0.759. The molecule has 1 saturated heterocycles. The van der Waals surface area contributed by atoms with E-state index in [9.17, 15) is 9.59 Å². The van der Waals surface area contributed by atoms with Gasteiger partial charge in [0.1, 0.15) is 11.3 Å². The summed E-state index contributed by atoms with van der Waals surface area (Å²) in [7, 11) is 1.51. The van der Waals surface area contributed by atoms with Crippen molar-refractivity contribution in [2.24, 2.45) is 5.73 Å². The molecule has 2 amide bonds. The SMILES string of the molecule is CCn1nc(C(C)C)cc1C(=O)N1CCOC[C@@](CC(N)=O)(OC)C1. The molecule has 8 heteroatoms. The van der Waals surface area contributed by atoms with Crippen molar-refractivity contribution in [3.63, 3.8) is 0 Å². The molecule has 25 heavy (non-hydrogen) atoms. The Bertz CT molecular complexity index is 628. The smallest absolute Gasteiger partial charge is 0.272 e. The maximum Gasteiger partial charge on any atom is 0.272 e. The molecule has 1 fully saturated rings. The van der Waals surface area contributed by atoms with Crippen molar-refractivity contribution in [2.45, 2.75) is 45.3 Å². The number of hydrogen-bond acceptors (Lipinski definition) is 5. The Labute approximate surface area is 148 Å². The van der Waals surface area contributed by atoms with Crippen molar-refractivity contribution in [3.8, 4) is 0 Å². The van der Waals surface area contributed by atoms with Crippen LogP contribution in [-0.4, -0.2) is 65.5 Å². The van der Waals surface area contributed by atoms with Crippen molar-refractivity contribution in [1.82, 2.24) is 14.7 Å². The van der Waals surface area contributed by atoms with Crippen molar-refractivity contribution in [1.29, 1.82) is 0 Å². The number of aryl methyl sites for hydroxylation is 1. The average molecular weight is 352 g/mol. The number of ether oxygens (including phenoxy) is 2. The second-order valence-corrected chi connectivity index (χ2v) is 6.73. The van der Waals surface area contributed by atoms with Gasteiger partial charge in [0, 0.05) is 20.2 Å². The van der Waals surface area contributed by atoms with Crippen molar-refractivity contribution >= 4 is 11.8 Å². The highest BCUT2D eigenvalue weighted by molar-refractivity contribution is 5.93. The minimum Gasteiger partial charge on any atom is -0.377 e. The van der Waals surface area contributed by atoms with Gasteiger partial charge in [-0.25, -0.2) is 0 Å². The first-order valence-corrected chi connectivity index (χ1v) is 8.60. The van der Waals surface area contributed by atoms with Crippen LogP contribution in [0.2, 0.25) is 0 Å². The molecule has 0 radical (unpaired) electrons. The number of hydrogen-bond donors (Lipinski definition) is 1. The fraction of sp³-hybridized carbons (Fsp3) is 0.706. The second-order valence-electron chi connectivity index (χ2n) is 6.73. The number of nitrogens with zero attached hydrogens (tertiary/aromatic N) is 3. The molecule has 2 heterocycles. The molecule has 1 aromatic rings. The number of methoxy groups -OCH3 is 1. The van der Waals surface area contributed by atoms with Crippen LogP contribution in [-0.2, 0) is 20.8 Å². The highest BCUT2D eigenvalue weighted by Gasteiger charge is 2.39. The van der Waals surface area contributed by atoms with Gasteiger partial charge in [0.2, 0.25) is 5.91 Å². The van der Waals surface area contributed by atoms with Gasteiger partial charge >= 0.3 is 0 Å². The van der Waals surface area contributed by atoms with Crippen LogP contribution >= 0.6 is 0 Å². The molecule has 0 aliphatic carbocycles. The summed E-state index contributed by atoms with van der Waals surface area (Å²) in [6, 6.07) is 1.84. The lowest BCUT2D eigenvalue weighted by Gasteiger charge is -2.33. The lowest BCUT2D eigenvalue weighted by Crippen LogP contribution is -2.50. The zero-order valence-corrected chi connectivity index (χ0v) is 15.4. The molecule has 0 spiro atoms. The maximum absolute atomic E-state index is 13.1. The van der Waals surface area contributed by atoms with Gasteiger partial charge < -0.3 is 20.1 Å². The van der Waals surface area contributed by atoms with Crippen LogP contribution in [0.3, 0.4) is 0 Å². The molecular formula is C17H28N4O4. The number of aromatic nitrogens is 2. The van der Waals surface area contributed by atoms with Crippen LogP contribution < -0.4 is 5.73 Å². The minimum atomic E-state index is -0.921. The van der Waals surface area contributed by atoms with Gasteiger partial charge in [-0.05, 0) is 18.9 Å². The molecule has 8 nitrogen and oxygen atoms in total. The van der Waals surface area contributed by atoms with E-state index in [2.05, 4.69) is 5.10 Å². The molecule has 0 saturated carbocycles. The number of amides is 2. The topological polar surface area (TPSA) is 99.7 Å². The van der Waals surface area contributed by atoms with Crippen molar-refractivity contribution in [3.05, 3.63) is 17.5 Å². The number of rotatable bonds is 6. The summed E-state index contributed by atoms with van der Waals surface area (Å²) in [6.45, 7) is 7.92. The molecule has 1 atom stereocenters. The summed E-state index contributed by atoms with van der Waals surface area (Å²) < 4.78 is 12.8. The van der Waals surface area contributed by atoms with Crippen LogP contribution in [0.25, 0.3) is 0 Å². The first-order valence-electron chi connectivity index (χ1n) is 8.60. The molecule has 0 aromatic carbocycles. The van der Waals surface area contributed by atoms with Gasteiger partial charge in [-0.2, -0.15) is 5.10 Å². The minimum absolute atomic E-state index is 0.00242. The third-order valence-corrected chi connectivity index (χ3v) is 4.48. The van der Waals surface area contributed by atoms with Crippen LogP contribution in [0.4, 0.5) is 0 Å². The normalized spacial score (nSPS) is 21.4. The highest BCUT2D eigenvalue weighted by atomic mass is 16.5. The summed E-state index contributed by atoms with van der Waals surface area (Å²) in [5, 5.41) is 4.50. The molecule has 1 aliphatic heterocycles. The molecule has 1 aliphatic rings. The van der Waals surface area contributed by atoms with Gasteiger partial charge in [0.05, 0.1) is 31.9 Å². The van der Waals surface area contributed by atoms with Crippen molar-refractivity contribution in [2.75, 3.05) is 33.4 Å². The zero-order chi connectivity index (χ0) is 18.6. The first-order chi connectivity index (χ1) is 11.8. The zero-order valence-electron chi connectivity index (χ0n) is 15.4. The van der Waals surface area contributed by atoms with Crippen LogP contribution in [0.5, 0.6) is 0 Å². The summed E-state index contributed by atoms with van der Waals surface area (Å²) in [6.07, 6.45) is -0.00242. The van der Waals surface area contributed by atoms with Gasteiger partial charge in [0.15, 0.2) is 0 Å². The monoisotopic (exact) mass is 352 g/mol. The summed E-state index contributed by atoms with van der Waals surface area (Å²) in [5.74, 6) is -0.391. The quantitative estimate of drug-likeness (QED) is 0.815. The average Bonchev–Trinajstić information content (AvgIpc) is 2.90. The first kappa shape index (κ1) is 19.4. The molecular weight excluding hydrogens is 324 g/mol. The van der Waals surface area contributed by atoms with Crippen LogP contribution in [0.1, 0.15) is 49.3 Å². The lowest BCUT2D eigenvalue weighted by molar-refractivity contribution is -0.129. The largest absolute Gasteiger partial charge is 0.377 e. The van der Waals surface area contributed by atoms with E-state index in [0.29, 0.717) is 25.4 Å². The van der Waals surface area contributed by atoms with Crippen LogP contribution in [0.15, 0.2) is 6.07 Å². The van der Waals surface area contributed by atoms with E-state index in [1.807, 2.05) is 26.8 Å². The fourth-order valence-corrected chi connectivity index (χ4v) is 2.99. The van der Waals surface area contributed by atoms with E-state index in [0.717, 1.165) is 5.69 Å². The summed E-state index contributed by atoms with van der Waals surface area (Å²) >= 11 is 0. The Morgan fingerprint density at radius 3 is 2.76 bits per heavy atom. The van der Waals surface area contributed by atoms with E-state index in [1.54, 1.807) is 9.58 Å². The summed E-state index contributed by atoms with van der Waals surface area (Å²) in [5.41, 5.74) is 5.86. The molecule has 0 unspecified atom stereocenters. The summed E-state index contributed by atoms with van der Waals surface area (Å²) in [4.78, 5) is 26.2.